The average Bonchev–Trinajstić information content (AvgIpc) is 2.74. The number of rotatable bonds is 8. The lowest BCUT2D eigenvalue weighted by molar-refractivity contribution is 0.0938. The van der Waals surface area contributed by atoms with Crippen LogP contribution >= 0.6 is 0 Å². The molecular formula is C22H23N3O3. The summed E-state index contributed by atoms with van der Waals surface area (Å²) >= 11 is 0. The van der Waals surface area contributed by atoms with Gasteiger partial charge in [0.15, 0.2) is 11.5 Å². The van der Waals surface area contributed by atoms with E-state index >= 15 is 0 Å². The quantitative estimate of drug-likeness (QED) is 0.644. The number of amides is 1. The topological polar surface area (TPSA) is 73.3 Å². The van der Waals surface area contributed by atoms with Crippen molar-refractivity contribution in [3.63, 3.8) is 0 Å². The van der Waals surface area contributed by atoms with Gasteiger partial charge in [0, 0.05) is 29.7 Å². The summed E-state index contributed by atoms with van der Waals surface area (Å²) in [7, 11) is 0. The molecule has 1 atom stereocenters. The van der Waals surface area contributed by atoms with E-state index in [4.69, 9.17) is 9.47 Å². The maximum Gasteiger partial charge on any atom is 0.251 e. The Labute approximate surface area is 164 Å². The number of pyridine rings is 2. The van der Waals surface area contributed by atoms with Crippen LogP contribution in [0.25, 0.3) is 0 Å². The van der Waals surface area contributed by atoms with Gasteiger partial charge in [-0.25, -0.2) is 0 Å². The van der Waals surface area contributed by atoms with Gasteiger partial charge in [-0.2, -0.15) is 0 Å². The van der Waals surface area contributed by atoms with Crippen LogP contribution in [-0.2, 0) is 6.61 Å². The largest absolute Gasteiger partial charge is 0.490 e. The summed E-state index contributed by atoms with van der Waals surface area (Å²) < 4.78 is 11.5. The highest BCUT2D eigenvalue weighted by molar-refractivity contribution is 5.95. The molecule has 0 bridgehead atoms. The van der Waals surface area contributed by atoms with E-state index in [-0.39, 0.29) is 11.9 Å². The molecule has 28 heavy (non-hydrogen) atoms. The van der Waals surface area contributed by atoms with Gasteiger partial charge in [-0.3, -0.25) is 14.8 Å². The molecule has 144 valence electrons. The van der Waals surface area contributed by atoms with E-state index in [0.717, 1.165) is 11.3 Å². The van der Waals surface area contributed by atoms with Gasteiger partial charge in [-0.1, -0.05) is 12.1 Å². The fraction of sp³-hybridized carbons (Fsp3) is 0.227. The van der Waals surface area contributed by atoms with E-state index in [9.17, 15) is 4.79 Å². The molecule has 0 aliphatic heterocycles. The second-order valence-electron chi connectivity index (χ2n) is 6.19. The molecule has 1 unspecified atom stereocenters. The zero-order valence-corrected chi connectivity index (χ0v) is 16.0. The summed E-state index contributed by atoms with van der Waals surface area (Å²) in [5, 5.41) is 2.95. The van der Waals surface area contributed by atoms with Crippen molar-refractivity contribution in [2.75, 3.05) is 6.61 Å². The maximum absolute atomic E-state index is 12.6. The van der Waals surface area contributed by atoms with Gasteiger partial charge in [-0.05, 0) is 50.2 Å². The molecule has 0 fully saturated rings. The molecule has 6 nitrogen and oxygen atoms in total. The Morgan fingerprint density at radius 2 is 1.96 bits per heavy atom. The molecule has 2 aromatic heterocycles. The first-order valence-electron chi connectivity index (χ1n) is 9.17. The molecule has 3 aromatic rings. The minimum Gasteiger partial charge on any atom is -0.490 e. The molecule has 0 saturated carbocycles. The molecular weight excluding hydrogens is 354 g/mol. The van der Waals surface area contributed by atoms with Crippen LogP contribution in [0.5, 0.6) is 11.5 Å². The Balaban J connectivity index is 1.71. The van der Waals surface area contributed by atoms with E-state index in [1.54, 1.807) is 36.8 Å². The molecule has 1 N–H and O–H groups in total. The summed E-state index contributed by atoms with van der Waals surface area (Å²) in [5.41, 5.74) is 2.26. The molecule has 0 aliphatic rings. The molecule has 2 heterocycles. The Kier molecular flexibility index (Phi) is 6.57. The van der Waals surface area contributed by atoms with Crippen LogP contribution in [0.3, 0.4) is 0 Å². The van der Waals surface area contributed by atoms with Crippen molar-refractivity contribution < 1.29 is 14.3 Å². The fourth-order valence-corrected chi connectivity index (χ4v) is 2.67. The molecule has 0 radical (unpaired) electrons. The first kappa shape index (κ1) is 19.4. The number of hydrogen-bond acceptors (Lipinski definition) is 5. The third-order valence-electron chi connectivity index (χ3n) is 4.10. The van der Waals surface area contributed by atoms with Crippen LogP contribution in [0.2, 0.25) is 0 Å². The SMILES string of the molecule is CCOc1cc(C(=O)NC(C)c2ccccn2)ccc1OCc1cccnc1. The van der Waals surface area contributed by atoms with E-state index in [1.165, 1.54) is 0 Å². The lowest BCUT2D eigenvalue weighted by Crippen LogP contribution is -2.27. The number of nitrogens with zero attached hydrogens (tertiary/aromatic N) is 2. The summed E-state index contributed by atoms with van der Waals surface area (Å²) in [6, 6.07) is 14.4. The second kappa shape index (κ2) is 9.50. The van der Waals surface area contributed by atoms with E-state index in [1.807, 2.05) is 44.2 Å². The lowest BCUT2D eigenvalue weighted by Gasteiger charge is -2.16. The zero-order valence-electron chi connectivity index (χ0n) is 16.0. The van der Waals surface area contributed by atoms with Crippen LogP contribution in [0, 0.1) is 0 Å². The second-order valence-corrected chi connectivity index (χ2v) is 6.19. The summed E-state index contributed by atoms with van der Waals surface area (Å²) in [6.07, 6.45) is 5.18. The summed E-state index contributed by atoms with van der Waals surface area (Å²) in [6.45, 7) is 4.63. The van der Waals surface area contributed by atoms with Gasteiger partial charge in [0.05, 0.1) is 18.3 Å². The third kappa shape index (κ3) is 5.07. The number of aromatic nitrogens is 2. The molecule has 0 spiro atoms. The normalized spacial score (nSPS) is 11.5. The minimum absolute atomic E-state index is 0.196. The summed E-state index contributed by atoms with van der Waals surface area (Å²) in [5.74, 6) is 0.919. The Morgan fingerprint density at radius 1 is 1.07 bits per heavy atom. The Morgan fingerprint density at radius 3 is 2.68 bits per heavy atom. The highest BCUT2D eigenvalue weighted by Crippen LogP contribution is 2.29. The predicted octanol–water partition coefficient (Wildman–Crippen LogP) is 3.95. The fourth-order valence-electron chi connectivity index (χ4n) is 2.67. The molecule has 6 heteroatoms. The van der Waals surface area contributed by atoms with Crippen LogP contribution < -0.4 is 14.8 Å². The number of nitrogens with one attached hydrogen (secondary N) is 1. The summed E-state index contributed by atoms with van der Waals surface area (Å²) in [4.78, 5) is 21.0. The lowest BCUT2D eigenvalue weighted by atomic mass is 10.1. The van der Waals surface area contributed by atoms with Crippen molar-refractivity contribution in [3.8, 4) is 11.5 Å². The smallest absolute Gasteiger partial charge is 0.251 e. The highest BCUT2D eigenvalue weighted by atomic mass is 16.5. The maximum atomic E-state index is 12.6. The van der Waals surface area contributed by atoms with Gasteiger partial charge in [0.25, 0.3) is 5.91 Å². The van der Waals surface area contributed by atoms with Crippen molar-refractivity contribution in [1.82, 2.24) is 15.3 Å². The first-order chi connectivity index (χ1) is 13.7. The number of benzene rings is 1. The number of carbonyl (C=O) groups excluding carboxylic acids is 1. The van der Waals surface area contributed by atoms with E-state index in [0.29, 0.717) is 30.3 Å². The van der Waals surface area contributed by atoms with Gasteiger partial charge in [0.1, 0.15) is 6.61 Å². The van der Waals surface area contributed by atoms with Crippen molar-refractivity contribution in [2.24, 2.45) is 0 Å². The van der Waals surface area contributed by atoms with Crippen molar-refractivity contribution in [2.45, 2.75) is 26.5 Å². The van der Waals surface area contributed by atoms with Crippen molar-refractivity contribution >= 4 is 5.91 Å². The molecule has 3 rings (SSSR count). The van der Waals surface area contributed by atoms with Crippen molar-refractivity contribution in [3.05, 3.63) is 83.9 Å². The molecule has 1 aromatic carbocycles. The number of ether oxygens (including phenoxy) is 2. The van der Waals surface area contributed by atoms with Crippen LogP contribution in [-0.4, -0.2) is 22.5 Å². The van der Waals surface area contributed by atoms with Gasteiger partial charge >= 0.3 is 0 Å². The van der Waals surface area contributed by atoms with Crippen LogP contribution in [0.4, 0.5) is 0 Å². The monoisotopic (exact) mass is 377 g/mol. The molecule has 1 amide bonds. The van der Waals surface area contributed by atoms with Crippen LogP contribution in [0.15, 0.2) is 67.1 Å². The number of hydrogen-bond donors (Lipinski definition) is 1. The van der Waals surface area contributed by atoms with Gasteiger partial charge in [-0.15, -0.1) is 0 Å². The molecule has 0 saturated heterocycles. The third-order valence-corrected chi connectivity index (χ3v) is 4.10. The van der Waals surface area contributed by atoms with E-state index < -0.39 is 0 Å². The Hall–Kier alpha value is -3.41. The highest BCUT2D eigenvalue weighted by Gasteiger charge is 2.15. The van der Waals surface area contributed by atoms with E-state index in [2.05, 4.69) is 15.3 Å². The number of carbonyl (C=O) groups is 1. The van der Waals surface area contributed by atoms with Gasteiger partial charge in [0.2, 0.25) is 0 Å². The average molecular weight is 377 g/mol. The standard InChI is InChI=1S/C22H23N3O3/c1-3-27-21-13-18(22(26)25-16(2)19-8-4-5-12-24-19)9-10-20(21)28-15-17-7-6-11-23-14-17/h4-14,16H,3,15H2,1-2H3,(H,25,26). The van der Waals surface area contributed by atoms with Crippen LogP contribution in [0.1, 0.15) is 41.5 Å². The van der Waals surface area contributed by atoms with Crippen molar-refractivity contribution in [1.29, 1.82) is 0 Å². The Bertz CT molecular complexity index is 901. The van der Waals surface area contributed by atoms with Gasteiger partial charge < -0.3 is 14.8 Å². The first-order valence-corrected chi connectivity index (χ1v) is 9.17. The molecule has 0 aliphatic carbocycles. The minimum atomic E-state index is -0.203. The zero-order chi connectivity index (χ0) is 19.8. The predicted molar refractivity (Wildman–Crippen MR) is 106 cm³/mol.